The number of thiophene rings is 1. The zero-order valence-electron chi connectivity index (χ0n) is 19.7. The van der Waals surface area contributed by atoms with Gasteiger partial charge in [0.1, 0.15) is 22.2 Å². The fraction of sp³-hybridized carbons (Fsp3) is 0.250. The van der Waals surface area contributed by atoms with E-state index in [1.54, 1.807) is 27.0 Å². The minimum Gasteiger partial charge on any atom is -0.493 e. The molecule has 0 atom stereocenters. The average Bonchev–Trinajstić information content (AvgIpc) is 3.14. The molecule has 4 aromatic rings. The number of rotatable bonds is 3. The number of alkyl halides is 3. The van der Waals surface area contributed by atoms with Gasteiger partial charge >= 0.3 is 12.3 Å². The van der Waals surface area contributed by atoms with E-state index in [1.165, 1.54) is 18.2 Å². The highest BCUT2D eigenvalue weighted by atomic mass is 32.2. The minimum absolute atomic E-state index is 0.0215. The summed E-state index contributed by atoms with van der Waals surface area (Å²) in [5.74, 6) is -2.12. The quantitative estimate of drug-likeness (QED) is 0.156. The predicted octanol–water partition coefficient (Wildman–Crippen LogP) is 7.32. The van der Waals surface area contributed by atoms with E-state index >= 15 is 4.39 Å². The van der Waals surface area contributed by atoms with Gasteiger partial charge in [0.2, 0.25) is 5.88 Å². The van der Waals surface area contributed by atoms with Gasteiger partial charge in [-0.25, -0.2) is 14.2 Å². The molecule has 192 valence electrons. The number of carbonyl (C=O) groups is 1. The van der Waals surface area contributed by atoms with Crippen molar-refractivity contribution in [1.82, 2.24) is 9.97 Å². The van der Waals surface area contributed by atoms with Crippen molar-refractivity contribution < 1.29 is 32.2 Å². The van der Waals surface area contributed by atoms with Gasteiger partial charge in [0, 0.05) is 15.6 Å². The van der Waals surface area contributed by atoms with Gasteiger partial charge in [-0.3, -0.25) is 5.32 Å². The fourth-order valence-electron chi connectivity index (χ4n) is 3.72. The number of nitrogens with zero attached hydrogens (tertiary/aromatic N) is 3. The fourth-order valence-corrected chi connectivity index (χ4v) is 5.14. The second-order valence-corrected chi connectivity index (χ2v) is 10.6. The van der Waals surface area contributed by atoms with Crippen molar-refractivity contribution in [2.45, 2.75) is 37.7 Å². The molecule has 1 amide bonds. The Hall–Kier alpha value is -3.63. The Morgan fingerprint density at radius 2 is 1.95 bits per heavy atom. The topological polar surface area (TPSA) is 108 Å². The number of anilines is 1. The van der Waals surface area contributed by atoms with Gasteiger partial charge in [-0.1, -0.05) is 23.9 Å². The third kappa shape index (κ3) is 4.99. The van der Waals surface area contributed by atoms with E-state index in [2.05, 4.69) is 15.3 Å². The van der Waals surface area contributed by atoms with Crippen molar-refractivity contribution in [3.05, 3.63) is 41.2 Å². The predicted molar refractivity (Wildman–Crippen MR) is 133 cm³/mol. The molecule has 0 unspecified atom stereocenters. The first kappa shape index (κ1) is 26.4. The average molecular weight is 551 g/mol. The molecule has 0 fully saturated rings. The summed E-state index contributed by atoms with van der Waals surface area (Å²) in [6, 6.07) is 6.70. The number of hydrogen-bond donors (Lipinski definition) is 2. The third-order valence-electron chi connectivity index (χ3n) is 5.09. The maximum Gasteiger partial charge on any atom is 0.417 e. The smallest absolute Gasteiger partial charge is 0.417 e. The van der Waals surface area contributed by atoms with E-state index in [9.17, 15) is 28.3 Å². The van der Waals surface area contributed by atoms with Gasteiger partial charge in [-0.15, -0.1) is 11.3 Å². The summed E-state index contributed by atoms with van der Waals surface area (Å²) in [6.07, 6.45) is -4.33. The molecule has 0 aliphatic carbocycles. The summed E-state index contributed by atoms with van der Waals surface area (Å²) in [5, 5.41) is 22.1. The number of nitriles is 1. The molecule has 0 aliphatic heterocycles. The number of aromatic hydroxyl groups is 1. The number of halogens is 4. The molecule has 2 aromatic carbocycles. The Morgan fingerprint density at radius 3 is 2.54 bits per heavy atom. The summed E-state index contributed by atoms with van der Waals surface area (Å²) in [7, 11) is 0. The van der Waals surface area contributed by atoms with Crippen LogP contribution >= 0.6 is 23.1 Å². The van der Waals surface area contributed by atoms with E-state index in [1.807, 2.05) is 6.07 Å². The van der Waals surface area contributed by atoms with E-state index < -0.39 is 51.6 Å². The third-order valence-corrected chi connectivity index (χ3v) is 6.71. The van der Waals surface area contributed by atoms with Gasteiger partial charge in [-0.2, -0.15) is 23.4 Å². The molecule has 0 spiro atoms. The van der Waals surface area contributed by atoms with Gasteiger partial charge in [0.25, 0.3) is 0 Å². The largest absolute Gasteiger partial charge is 0.493 e. The maximum atomic E-state index is 15.9. The van der Waals surface area contributed by atoms with Crippen molar-refractivity contribution in [2.75, 3.05) is 11.6 Å². The molecule has 13 heteroatoms. The van der Waals surface area contributed by atoms with Gasteiger partial charge in [0.15, 0.2) is 11.0 Å². The summed E-state index contributed by atoms with van der Waals surface area (Å²) in [5.41, 5.74) is -3.93. The Balaban J connectivity index is 2.04. The van der Waals surface area contributed by atoms with Crippen molar-refractivity contribution in [2.24, 2.45) is 0 Å². The number of fused-ring (bicyclic) bond motifs is 2. The van der Waals surface area contributed by atoms with E-state index in [0.29, 0.717) is 10.8 Å². The first-order valence-electron chi connectivity index (χ1n) is 10.6. The molecule has 2 aromatic heterocycles. The second kappa shape index (κ2) is 9.35. The van der Waals surface area contributed by atoms with E-state index in [-0.39, 0.29) is 26.7 Å². The number of ether oxygens (including phenoxy) is 1. The van der Waals surface area contributed by atoms with Crippen molar-refractivity contribution in [3.63, 3.8) is 0 Å². The highest BCUT2D eigenvalue weighted by molar-refractivity contribution is 7.98. The van der Waals surface area contributed by atoms with Crippen LogP contribution < -0.4 is 5.32 Å². The first-order chi connectivity index (χ1) is 17.2. The summed E-state index contributed by atoms with van der Waals surface area (Å²) in [4.78, 5) is 20.0. The summed E-state index contributed by atoms with van der Waals surface area (Å²) < 4.78 is 64.1. The molecule has 4 rings (SSSR count). The highest BCUT2D eigenvalue weighted by Gasteiger charge is 2.38. The Kier molecular flexibility index (Phi) is 6.68. The van der Waals surface area contributed by atoms with Crippen molar-refractivity contribution in [1.29, 1.82) is 5.26 Å². The SMILES string of the molecule is CSc1nc(O)c2cc(C(F)(F)F)c(-c3cccc4sc(NC(=O)OC(C)(C)C)c(C#N)c34)c(F)c2n1. The molecular formula is C24H18F4N4O3S2. The number of carbonyl (C=O) groups excluding carboxylic acids is 1. The Morgan fingerprint density at radius 1 is 1.24 bits per heavy atom. The number of nitrogens with one attached hydrogen (secondary N) is 1. The van der Waals surface area contributed by atoms with E-state index in [0.717, 1.165) is 23.1 Å². The van der Waals surface area contributed by atoms with Crippen LogP contribution in [-0.4, -0.2) is 33.0 Å². The standard InChI is InChI=1S/C24H18F4N4O3S2/c1-23(2,3)35-22(34)32-20-12(9-29)15-10(6-5-7-14(15)37-20)16-13(24(26,27)28)8-11-18(17(16)25)30-21(36-4)31-19(11)33/h5-8H,1-4H3,(H,32,34)(H,30,31,33). The number of hydrogen-bond acceptors (Lipinski definition) is 8. The molecule has 2 heterocycles. The first-order valence-corrected chi connectivity index (χ1v) is 12.6. The van der Waals surface area contributed by atoms with Crippen molar-refractivity contribution in [3.8, 4) is 23.1 Å². The minimum atomic E-state index is -5.03. The van der Waals surface area contributed by atoms with Crippen LogP contribution in [0.5, 0.6) is 5.88 Å². The molecule has 7 nitrogen and oxygen atoms in total. The van der Waals surface area contributed by atoms with Crippen LogP contribution in [0.4, 0.5) is 27.4 Å². The highest BCUT2D eigenvalue weighted by Crippen LogP contribution is 2.47. The Bertz CT molecular complexity index is 1600. The monoisotopic (exact) mass is 550 g/mol. The van der Waals surface area contributed by atoms with E-state index in [4.69, 9.17) is 4.74 Å². The van der Waals surface area contributed by atoms with Crippen LogP contribution in [0.25, 0.3) is 32.1 Å². The van der Waals surface area contributed by atoms with Crippen LogP contribution in [-0.2, 0) is 10.9 Å². The summed E-state index contributed by atoms with van der Waals surface area (Å²) in [6.45, 7) is 4.93. The maximum absolute atomic E-state index is 15.9. The number of benzene rings is 2. The Labute approximate surface area is 216 Å². The number of thioether (sulfide) groups is 1. The van der Waals surface area contributed by atoms with Gasteiger partial charge < -0.3 is 9.84 Å². The lowest BCUT2D eigenvalue weighted by molar-refractivity contribution is -0.137. The molecule has 0 bridgehead atoms. The van der Waals surface area contributed by atoms with Crippen molar-refractivity contribution >= 4 is 55.2 Å². The van der Waals surface area contributed by atoms with Crippen LogP contribution in [0.1, 0.15) is 31.9 Å². The number of aromatic nitrogens is 2. The zero-order chi connectivity index (χ0) is 27.3. The number of amides is 1. The van der Waals surface area contributed by atoms with Gasteiger partial charge in [-0.05, 0) is 44.7 Å². The molecule has 37 heavy (non-hydrogen) atoms. The molecule has 0 saturated heterocycles. The second-order valence-electron chi connectivity index (χ2n) is 8.76. The lowest BCUT2D eigenvalue weighted by atomic mass is 9.93. The van der Waals surface area contributed by atoms with Crippen LogP contribution in [0, 0.1) is 17.1 Å². The molecule has 0 aliphatic rings. The molecule has 2 N–H and O–H groups in total. The molecular weight excluding hydrogens is 532 g/mol. The van der Waals surface area contributed by atoms with Crippen LogP contribution in [0.3, 0.4) is 0 Å². The zero-order valence-corrected chi connectivity index (χ0v) is 21.4. The van der Waals surface area contributed by atoms with Crippen LogP contribution in [0.15, 0.2) is 29.4 Å². The van der Waals surface area contributed by atoms with Gasteiger partial charge in [0.05, 0.1) is 16.5 Å². The molecule has 0 radical (unpaired) electrons. The van der Waals surface area contributed by atoms with Crippen LogP contribution in [0.2, 0.25) is 0 Å². The normalized spacial score (nSPS) is 12.1. The lowest BCUT2D eigenvalue weighted by Crippen LogP contribution is -2.27. The molecule has 0 saturated carbocycles. The summed E-state index contributed by atoms with van der Waals surface area (Å²) >= 11 is 1.91. The lowest BCUT2D eigenvalue weighted by Gasteiger charge is -2.19.